The molecule has 6 heteroatoms. The molecule has 0 spiro atoms. The van der Waals surface area contributed by atoms with Gasteiger partial charge in [-0.3, -0.25) is 0 Å². The summed E-state index contributed by atoms with van der Waals surface area (Å²) in [6.45, 7) is 0. The maximum absolute atomic E-state index is 12.9. The van der Waals surface area contributed by atoms with Gasteiger partial charge in [0, 0.05) is 6.20 Å². The summed E-state index contributed by atoms with van der Waals surface area (Å²) in [5.74, 6) is 0. The van der Waals surface area contributed by atoms with Crippen molar-refractivity contribution in [2.45, 2.75) is 19.0 Å². The summed E-state index contributed by atoms with van der Waals surface area (Å²) >= 11 is 5.82. The van der Waals surface area contributed by atoms with Crippen LogP contribution in [0.2, 0.25) is 0 Å². The maximum Gasteiger partial charge on any atom is 0.431 e. The lowest BCUT2D eigenvalue weighted by Crippen LogP contribution is -2.29. The van der Waals surface area contributed by atoms with Gasteiger partial charge in [-0.25, -0.2) is 0 Å². The Hall–Kier alpha value is -1.67. The lowest BCUT2D eigenvalue weighted by atomic mass is 10.1. The number of halogens is 4. The smallest absolute Gasteiger partial charge is 0.312 e. The van der Waals surface area contributed by atoms with Gasteiger partial charge in [-0.05, 0) is 18.9 Å². The standard InChI is InChI=1S/C12H8ClF3N2/c13-9-5-6-18-10(8(9)7-17)3-1-2-4-11(18)12(14,15)16/h3-6H,1-2H2. The first-order chi connectivity index (χ1) is 8.45. The van der Waals surface area contributed by atoms with Crippen LogP contribution in [0.4, 0.5) is 13.2 Å². The molecule has 0 aromatic carbocycles. The third-order valence-corrected chi connectivity index (χ3v) is 2.94. The fourth-order valence-corrected chi connectivity index (χ4v) is 2.05. The van der Waals surface area contributed by atoms with Crippen LogP contribution in [-0.2, 0) is 0 Å². The van der Waals surface area contributed by atoms with Crippen molar-refractivity contribution in [2.24, 2.45) is 0 Å². The molecule has 2 aliphatic heterocycles. The van der Waals surface area contributed by atoms with Crippen molar-refractivity contribution < 1.29 is 13.2 Å². The zero-order valence-electron chi connectivity index (χ0n) is 9.13. The largest absolute Gasteiger partial charge is 0.431 e. The second-order valence-electron chi connectivity index (χ2n) is 3.77. The van der Waals surface area contributed by atoms with E-state index in [0.29, 0.717) is 6.42 Å². The van der Waals surface area contributed by atoms with Crippen LogP contribution in [0.5, 0.6) is 0 Å². The number of fused-ring (bicyclic) bond motifs is 1. The van der Waals surface area contributed by atoms with E-state index in [1.807, 2.05) is 6.07 Å². The number of hydrogen-bond donors (Lipinski definition) is 0. The molecule has 0 bridgehead atoms. The number of hydrogen-bond acceptors (Lipinski definition) is 2. The molecular weight excluding hydrogens is 265 g/mol. The lowest BCUT2D eigenvalue weighted by Gasteiger charge is -2.29. The Morgan fingerprint density at radius 3 is 2.56 bits per heavy atom. The topological polar surface area (TPSA) is 27.0 Å². The minimum atomic E-state index is -4.46. The minimum absolute atomic E-state index is 0.0659. The predicted molar refractivity (Wildman–Crippen MR) is 60.9 cm³/mol. The molecule has 2 nitrogen and oxygen atoms in total. The quantitative estimate of drug-likeness (QED) is 0.667. The molecule has 0 N–H and O–H groups in total. The fourth-order valence-electron chi connectivity index (χ4n) is 1.86. The van der Waals surface area contributed by atoms with Crippen LogP contribution in [0.15, 0.2) is 46.4 Å². The molecule has 94 valence electrons. The normalized spacial score (nSPS) is 19.8. The first kappa shape index (κ1) is 12.8. The van der Waals surface area contributed by atoms with Crippen LogP contribution in [0.3, 0.4) is 0 Å². The van der Waals surface area contributed by atoms with Crippen molar-refractivity contribution in [1.82, 2.24) is 4.90 Å². The number of alkyl halides is 3. The second kappa shape index (κ2) is 4.54. The Labute approximate surface area is 107 Å². The molecule has 0 aliphatic carbocycles. The van der Waals surface area contributed by atoms with E-state index in [1.165, 1.54) is 12.3 Å². The molecule has 0 atom stereocenters. The minimum Gasteiger partial charge on any atom is -0.312 e. The third kappa shape index (κ3) is 2.16. The van der Waals surface area contributed by atoms with Crippen molar-refractivity contribution in [3.8, 4) is 6.07 Å². The highest BCUT2D eigenvalue weighted by Gasteiger charge is 2.40. The third-order valence-electron chi connectivity index (χ3n) is 2.63. The van der Waals surface area contributed by atoms with Gasteiger partial charge in [-0.1, -0.05) is 23.8 Å². The van der Waals surface area contributed by atoms with Gasteiger partial charge in [0.05, 0.1) is 16.3 Å². The zero-order valence-corrected chi connectivity index (χ0v) is 9.89. The fraction of sp³-hybridized carbons (Fsp3) is 0.250. The van der Waals surface area contributed by atoms with Gasteiger partial charge < -0.3 is 4.90 Å². The monoisotopic (exact) mass is 272 g/mol. The molecule has 0 aromatic heterocycles. The molecule has 0 unspecified atom stereocenters. The molecule has 2 heterocycles. The van der Waals surface area contributed by atoms with Gasteiger partial charge in [-0.2, -0.15) is 18.4 Å². The van der Waals surface area contributed by atoms with Crippen LogP contribution in [0.1, 0.15) is 12.8 Å². The van der Waals surface area contributed by atoms with Gasteiger partial charge in [0.2, 0.25) is 0 Å². The predicted octanol–water partition coefficient (Wildman–Crippen LogP) is 3.96. The zero-order chi connectivity index (χ0) is 13.3. The first-order valence-electron chi connectivity index (χ1n) is 5.20. The molecular formula is C12H8ClF3N2. The van der Waals surface area contributed by atoms with E-state index in [0.717, 1.165) is 11.0 Å². The van der Waals surface area contributed by atoms with Gasteiger partial charge in [-0.15, -0.1) is 0 Å². The molecule has 0 saturated heterocycles. The molecule has 0 aromatic rings. The maximum atomic E-state index is 12.9. The summed E-state index contributed by atoms with van der Waals surface area (Å²) in [7, 11) is 0. The molecule has 0 fully saturated rings. The van der Waals surface area contributed by atoms with Crippen molar-refractivity contribution in [3.63, 3.8) is 0 Å². The molecule has 2 rings (SSSR count). The van der Waals surface area contributed by atoms with Crippen LogP contribution in [0, 0.1) is 11.3 Å². The van der Waals surface area contributed by atoms with E-state index in [2.05, 4.69) is 0 Å². The van der Waals surface area contributed by atoms with E-state index in [-0.39, 0.29) is 22.7 Å². The summed E-state index contributed by atoms with van der Waals surface area (Å²) in [4.78, 5) is 0.970. The molecule has 0 amide bonds. The molecule has 2 aliphatic rings. The summed E-state index contributed by atoms with van der Waals surface area (Å²) in [5.41, 5.74) is -0.512. The van der Waals surface area contributed by atoms with Gasteiger partial charge in [0.1, 0.15) is 11.8 Å². The van der Waals surface area contributed by atoms with E-state index in [9.17, 15) is 13.2 Å². The van der Waals surface area contributed by atoms with Crippen molar-refractivity contribution in [3.05, 3.63) is 46.4 Å². The Balaban J connectivity index is 2.52. The Morgan fingerprint density at radius 2 is 1.94 bits per heavy atom. The van der Waals surface area contributed by atoms with Crippen LogP contribution in [0.25, 0.3) is 0 Å². The van der Waals surface area contributed by atoms with Crippen molar-refractivity contribution in [1.29, 1.82) is 5.26 Å². The van der Waals surface area contributed by atoms with Crippen LogP contribution < -0.4 is 0 Å². The summed E-state index contributed by atoms with van der Waals surface area (Å²) in [5, 5.41) is 9.14. The molecule has 0 radical (unpaired) electrons. The van der Waals surface area contributed by atoms with Gasteiger partial charge in [0.25, 0.3) is 0 Å². The highest BCUT2D eigenvalue weighted by Crippen LogP contribution is 2.38. The van der Waals surface area contributed by atoms with Crippen molar-refractivity contribution >= 4 is 11.6 Å². The molecule has 0 saturated carbocycles. The highest BCUT2D eigenvalue weighted by atomic mass is 35.5. The van der Waals surface area contributed by atoms with E-state index in [4.69, 9.17) is 16.9 Å². The average molecular weight is 273 g/mol. The highest BCUT2D eigenvalue weighted by molar-refractivity contribution is 6.32. The van der Waals surface area contributed by atoms with E-state index < -0.39 is 11.9 Å². The van der Waals surface area contributed by atoms with Gasteiger partial charge >= 0.3 is 6.18 Å². The Bertz CT molecular complexity index is 533. The summed E-state index contributed by atoms with van der Waals surface area (Å²) < 4.78 is 38.8. The number of allylic oxidation sites excluding steroid dienone is 6. The van der Waals surface area contributed by atoms with Crippen molar-refractivity contribution in [2.75, 3.05) is 0 Å². The molecule has 18 heavy (non-hydrogen) atoms. The first-order valence-corrected chi connectivity index (χ1v) is 5.58. The summed E-state index contributed by atoms with van der Waals surface area (Å²) in [6, 6.07) is 1.84. The number of nitriles is 1. The van der Waals surface area contributed by atoms with E-state index >= 15 is 0 Å². The SMILES string of the molecule is N#CC1=C(Cl)C=CN2C1=CCCC=C2C(F)(F)F. The Morgan fingerprint density at radius 1 is 1.28 bits per heavy atom. The average Bonchev–Trinajstić information content (AvgIpc) is 2.50. The Kier molecular flexibility index (Phi) is 3.22. The van der Waals surface area contributed by atoms with Crippen LogP contribution >= 0.6 is 11.6 Å². The summed E-state index contributed by atoms with van der Waals surface area (Å²) in [6.07, 6.45) is 1.51. The van der Waals surface area contributed by atoms with E-state index in [1.54, 1.807) is 6.08 Å². The lowest BCUT2D eigenvalue weighted by molar-refractivity contribution is -0.105. The van der Waals surface area contributed by atoms with Gasteiger partial charge in [0.15, 0.2) is 0 Å². The second-order valence-corrected chi connectivity index (χ2v) is 4.18. The number of nitrogens with zero attached hydrogens (tertiary/aromatic N) is 2. The number of rotatable bonds is 0. The van der Waals surface area contributed by atoms with Crippen LogP contribution in [-0.4, -0.2) is 11.1 Å².